The molecule has 1 aromatic carbocycles. The molecule has 2 fully saturated rings. The van der Waals surface area contributed by atoms with E-state index in [1.165, 1.54) is 12.1 Å². The van der Waals surface area contributed by atoms with Gasteiger partial charge in [-0.3, -0.25) is 4.57 Å². The molecule has 0 bridgehead atoms. The van der Waals surface area contributed by atoms with Gasteiger partial charge in [0.15, 0.2) is 5.65 Å². The SMILES string of the molecule is CCOCC1CCC(Nc2ncc3nc(Nc4ccc(F)cc4F)n(C4CCOCC4)c3n2)CC1. The van der Waals surface area contributed by atoms with Crippen LogP contribution in [0.5, 0.6) is 0 Å². The second-order valence-electron chi connectivity index (χ2n) is 9.32. The zero-order valence-electron chi connectivity index (χ0n) is 20.0. The lowest BCUT2D eigenvalue weighted by molar-refractivity contribution is 0.0710. The normalized spacial score (nSPS) is 21.3. The zero-order chi connectivity index (χ0) is 24.2. The average molecular weight is 487 g/mol. The summed E-state index contributed by atoms with van der Waals surface area (Å²) in [6.07, 6.45) is 7.64. The highest BCUT2D eigenvalue weighted by Crippen LogP contribution is 2.32. The van der Waals surface area contributed by atoms with Gasteiger partial charge in [0.2, 0.25) is 11.9 Å². The average Bonchev–Trinajstić information content (AvgIpc) is 3.23. The maximum Gasteiger partial charge on any atom is 0.224 e. The molecule has 2 N–H and O–H groups in total. The maximum absolute atomic E-state index is 14.4. The van der Waals surface area contributed by atoms with Gasteiger partial charge in [-0.15, -0.1) is 0 Å². The van der Waals surface area contributed by atoms with E-state index in [0.29, 0.717) is 48.2 Å². The van der Waals surface area contributed by atoms with E-state index in [4.69, 9.17) is 14.5 Å². The molecule has 2 aromatic heterocycles. The molecule has 8 nitrogen and oxygen atoms in total. The van der Waals surface area contributed by atoms with Gasteiger partial charge in [0, 0.05) is 44.6 Å². The van der Waals surface area contributed by atoms with Crippen molar-refractivity contribution in [3.8, 4) is 0 Å². The topological polar surface area (TPSA) is 86.1 Å². The van der Waals surface area contributed by atoms with Crippen molar-refractivity contribution in [1.82, 2.24) is 19.5 Å². The van der Waals surface area contributed by atoms with E-state index < -0.39 is 11.6 Å². The molecular formula is C25H32F2N6O2. The van der Waals surface area contributed by atoms with Crippen LogP contribution in [-0.2, 0) is 9.47 Å². The predicted molar refractivity (Wildman–Crippen MR) is 130 cm³/mol. The van der Waals surface area contributed by atoms with E-state index in [1.54, 1.807) is 6.20 Å². The Bertz CT molecular complexity index is 1140. The Kier molecular flexibility index (Phi) is 7.38. The molecule has 0 amide bonds. The summed E-state index contributed by atoms with van der Waals surface area (Å²) in [6.45, 7) is 4.90. The molecule has 35 heavy (non-hydrogen) atoms. The molecule has 0 spiro atoms. The largest absolute Gasteiger partial charge is 0.381 e. The van der Waals surface area contributed by atoms with Gasteiger partial charge >= 0.3 is 0 Å². The van der Waals surface area contributed by atoms with Crippen LogP contribution in [0.25, 0.3) is 11.2 Å². The van der Waals surface area contributed by atoms with Crippen molar-refractivity contribution < 1.29 is 18.3 Å². The molecule has 5 rings (SSSR count). The molecule has 0 radical (unpaired) electrons. The van der Waals surface area contributed by atoms with Crippen LogP contribution < -0.4 is 10.6 Å². The first kappa shape index (κ1) is 23.9. The Morgan fingerprint density at radius 3 is 2.63 bits per heavy atom. The minimum Gasteiger partial charge on any atom is -0.381 e. The maximum atomic E-state index is 14.4. The van der Waals surface area contributed by atoms with E-state index in [0.717, 1.165) is 57.8 Å². The summed E-state index contributed by atoms with van der Waals surface area (Å²) < 4.78 is 40.9. The third kappa shape index (κ3) is 5.54. The van der Waals surface area contributed by atoms with Crippen LogP contribution in [-0.4, -0.2) is 52.0 Å². The number of aromatic nitrogens is 4. The smallest absolute Gasteiger partial charge is 0.224 e. The summed E-state index contributed by atoms with van der Waals surface area (Å²) in [5.74, 6) is 0.342. The van der Waals surface area contributed by atoms with Crippen molar-refractivity contribution in [2.75, 3.05) is 37.1 Å². The summed E-state index contributed by atoms with van der Waals surface area (Å²) in [5, 5.41) is 6.55. The lowest BCUT2D eigenvalue weighted by atomic mass is 9.86. The van der Waals surface area contributed by atoms with E-state index in [2.05, 4.69) is 20.6 Å². The number of fused-ring (bicyclic) bond motifs is 1. The number of imidazole rings is 1. The third-order valence-corrected chi connectivity index (χ3v) is 6.90. The lowest BCUT2D eigenvalue weighted by Crippen LogP contribution is -2.28. The Balaban J connectivity index is 1.39. The first-order chi connectivity index (χ1) is 17.1. The Morgan fingerprint density at radius 2 is 1.89 bits per heavy atom. The standard InChI is InChI=1S/C25H32F2N6O2/c1-2-34-15-16-3-6-18(7-4-16)29-24-28-14-22-23(32-24)33(19-9-11-35-12-10-19)25(31-22)30-21-8-5-17(26)13-20(21)27/h5,8,13-14,16,18-19H,2-4,6-7,9-12,15H2,1H3,(H,30,31)(H,28,29,32). The van der Waals surface area contributed by atoms with E-state index in [-0.39, 0.29) is 11.7 Å². The number of anilines is 3. The van der Waals surface area contributed by atoms with Crippen molar-refractivity contribution in [1.29, 1.82) is 0 Å². The number of benzene rings is 1. The number of hydrogen-bond acceptors (Lipinski definition) is 7. The molecule has 1 saturated heterocycles. The van der Waals surface area contributed by atoms with Crippen LogP contribution in [0.4, 0.5) is 26.4 Å². The number of ether oxygens (including phenoxy) is 2. The summed E-state index contributed by atoms with van der Waals surface area (Å²) in [7, 11) is 0. The van der Waals surface area contributed by atoms with Crippen molar-refractivity contribution in [3.63, 3.8) is 0 Å². The molecule has 0 atom stereocenters. The van der Waals surface area contributed by atoms with Gasteiger partial charge in [0.25, 0.3) is 0 Å². The molecule has 3 heterocycles. The van der Waals surface area contributed by atoms with E-state index >= 15 is 0 Å². The van der Waals surface area contributed by atoms with Crippen LogP contribution in [0.1, 0.15) is 51.5 Å². The summed E-state index contributed by atoms with van der Waals surface area (Å²) in [5.41, 5.74) is 1.46. The van der Waals surface area contributed by atoms with Gasteiger partial charge in [-0.05, 0) is 63.5 Å². The van der Waals surface area contributed by atoms with Gasteiger partial charge < -0.3 is 20.1 Å². The second-order valence-corrected chi connectivity index (χ2v) is 9.32. The van der Waals surface area contributed by atoms with Crippen LogP contribution in [0, 0.1) is 17.6 Å². The van der Waals surface area contributed by atoms with E-state index in [9.17, 15) is 8.78 Å². The summed E-state index contributed by atoms with van der Waals surface area (Å²) in [4.78, 5) is 14.0. The molecule has 1 aliphatic heterocycles. The van der Waals surface area contributed by atoms with Gasteiger partial charge in [-0.2, -0.15) is 4.98 Å². The van der Waals surface area contributed by atoms with Crippen LogP contribution >= 0.6 is 0 Å². The fourth-order valence-corrected chi connectivity index (χ4v) is 4.99. The number of nitrogens with one attached hydrogen (secondary N) is 2. The molecule has 188 valence electrons. The quantitative estimate of drug-likeness (QED) is 0.452. The van der Waals surface area contributed by atoms with E-state index in [1.807, 2.05) is 11.5 Å². The van der Waals surface area contributed by atoms with Crippen molar-refractivity contribution in [3.05, 3.63) is 36.0 Å². The Hall–Kier alpha value is -2.85. The van der Waals surface area contributed by atoms with Gasteiger partial charge in [-0.25, -0.2) is 18.7 Å². The fraction of sp³-hybridized carbons (Fsp3) is 0.560. The van der Waals surface area contributed by atoms with Gasteiger partial charge in [-0.1, -0.05) is 0 Å². The molecule has 3 aromatic rings. The summed E-state index contributed by atoms with van der Waals surface area (Å²) >= 11 is 0. The van der Waals surface area contributed by atoms with Crippen LogP contribution in [0.15, 0.2) is 24.4 Å². The van der Waals surface area contributed by atoms with Crippen molar-refractivity contribution in [2.24, 2.45) is 5.92 Å². The van der Waals surface area contributed by atoms with Gasteiger partial charge in [0.05, 0.1) is 11.9 Å². The molecule has 1 aliphatic carbocycles. The highest BCUT2D eigenvalue weighted by Gasteiger charge is 2.25. The number of hydrogen-bond donors (Lipinski definition) is 2. The fourth-order valence-electron chi connectivity index (χ4n) is 4.99. The number of halogens is 2. The lowest BCUT2D eigenvalue weighted by Gasteiger charge is -2.29. The summed E-state index contributed by atoms with van der Waals surface area (Å²) in [6, 6.07) is 3.86. The first-order valence-corrected chi connectivity index (χ1v) is 12.5. The minimum atomic E-state index is -0.677. The Labute approximate surface area is 203 Å². The van der Waals surface area contributed by atoms with Crippen LogP contribution in [0.2, 0.25) is 0 Å². The monoisotopic (exact) mass is 486 g/mol. The molecule has 1 saturated carbocycles. The zero-order valence-corrected chi connectivity index (χ0v) is 20.0. The highest BCUT2D eigenvalue weighted by atomic mass is 19.1. The second kappa shape index (κ2) is 10.8. The van der Waals surface area contributed by atoms with Crippen molar-refractivity contribution >= 4 is 28.7 Å². The molecular weight excluding hydrogens is 454 g/mol. The highest BCUT2D eigenvalue weighted by molar-refractivity contribution is 5.76. The third-order valence-electron chi connectivity index (χ3n) is 6.90. The number of rotatable bonds is 8. The number of nitrogens with zero attached hydrogens (tertiary/aromatic N) is 4. The molecule has 2 aliphatic rings. The minimum absolute atomic E-state index is 0.0940. The van der Waals surface area contributed by atoms with Gasteiger partial charge in [0.1, 0.15) is 17.2 Å². The first-order valence-electron chi connectivity index (χ1n) is 12.5. The Morgan fingerprint density at radius 1 is 1.09 bits per heavy atom. The van der Waals surface area contributed by atoms with Crippen molar-refractivity contribution in [2.45, 2.75) is 57.5 Å². The molecule has 0 unspecified atom stereocenters. The van der Waals surface area contributed by atoms with Crippen LogP contribution in [0.3, 0.4) is 0 Å². The molecule has 10 heteroatoms. The predicted octanol–water partition coefficient (Wildman–Crippen LogP) is 5.21.